The lowest BCUT2D eigenvalue weighted by molar-refractivity contribution is 0.670. The standard InChI is InChI=1S/C36H38N2O2S4/c1-3-5-7-9-11-24-14-17-30(41-24)28-22-33(44-34(28)32-18-15-25(42-32)12-10-8-6-4-2)31-20-19-29(43-31)23-13-16-26-27(21-23)36(40)38-37-35(26)39/h13-22H,3-12H2,1-2H3,(H,37,39)(H,38,40). The molecule has 228 valence electrons. The van der Waals surface area contributed by atoms with Crippen LogP contribution in [-0.4, -0.2) is 10.2 Å². The number of aromatic amines is 2. The van der Waals surface area contributed by atoms with E-state index in [1.165, 1.54) is 91.1 Å². The normalized spacial score (nSPS) is 11.6. The smallest absolute Gasteiger partial charge is 0.267 e. The average Bonchev–Trinajstić information content (AvgIpc) is 3.85. The van der Waals surface area contributed by atoms with Gasteiger partial charge in [-0.05, 0) is 85.8 Å². The van der Waals surface area contributed by atoms with E-state index in [9.17, 15) is 9.59 Å². The van der Waals surface area contributed by atoms with Crippen LogP contribution in [0.15, 0.2) is 70.3 Å². The monoisotopic (exact) mass is 658 g/mol. The minimum atomic E-state index is -0.285. The number of benzene rings is 1. The summed E-state index contributed by atoms with van der Waals surface area (Å²) in [4.78, 5) is 35.1. The second kappa shape index (κ2) is 14.4. The summed E-state index contributed by atoms with van der Waals surface area (Å²) in [6.07, 6.45) is 12.6. The molecule has 0 saturated carbocycles. The molecule has 0 aliphatic heterocycles. The number of unbranched alkanes of at least 4 members (excludes halogenated alkanes) is 6. The summed E-state index contributed by atoms with van der Waals surface area (Å²) >= 11 is 7.51. The summed E-state index contributed by atoms with van der Waals surface area (Å²) in [5, 5.41) is 5.67. The lowest BCUT2D eigenvalue weighted by Crippen LogP contribution is -2.18. The maximum absolute atomic E-state index is 12.4. The third kappa shape index (κ3) is 6.94. The average molecular weight is 659 g/mol. The van der Waals surface area contributed by atoms with Crippen LogP contribution in [0.5, 0.6) is 0 Å². The summed E-state index contributed by atoms with van der Waals surface area (Å²) in [6, 6.07) is 21.5. The zero-order valence-electron chi connectivity index (χ0n) is 25.3. The van der Waals surface area contributed by atoms with Crippen molar-refractivity contribution in [1.29, 1.82) is 0 Å². The van der Waals surface area contributed by atoms with Crippen LogP contribution in [0, 0.1) is 0 Å². The molecule has 44 heavy (non-hydrogen) atoms. The Balaban J connectivity index is 1.32. The molecular formula is C36H38N2O2S4. The molecule has 8 heteroatoms. The van der Waals surface area contributed by atoms with Gasteiger partial charge in [0.2, 0.25) is 0 Å². The zero-order valence-corrected chi connectivity index (χ0v) is 28.6. The first-order valence-electron chi connectivity index (χ1n) is 15.7. The fraction of sp³-hybridized carbons (Fsp3) is 0.333. The van der Waals surface area contributed by atoms with E-state index in [2.05, 4.69) is 66.5 Å². The quantitative estimate of drug-likeness (QED) is 0.114. The molecule has 6 aromatic rings. The number of nitrogens with one attached hydrogen (secondary N) is 2. The van der Waals surface area contributed by atoms with E-state index in [-0.39, 0.29) is 11.1 Å². The molecule has 0 radical (unpaired) electrons. The minimum Gasteiger partial charge on any atom is -0.267 e. The molecule has 5 aromatic heterocycles. The molecule has 0 saturated heterocycles. The van der Waals surface area contributed by atoms with Crippen molar-refractivity contribution in [2.24, 2.45) is 0 Å². The topological polar surface area (TPSA) is 65.7 Å². The molecule has 2 N–H and O–H groups in total. The van der Waals surface area contributed by atoms with Crippen molar-refractivity contribution in [3.8, 4) is 40.4 Å². The molecule has 5 heterocycles. The van der Waals surface area contributed by atoms with Crippen LogP contribution in [0.25, 0.3) is 51.2 Å². The van der Waals surface area contributed by atoms with Gasteiger partial charge in [-0.3, -0.25) is 19.8 Å². The molecule has 0 aliphatic rings. The highest BCUT2D eigenvalue weighted by Gasteiger charge is 2.19. The van der Waals surface area contributed by atoms with Gasteiger partial charge in [0.15, 0.2) is 0 Å². The van der Waals surface area contributed by atoms with E-state index in [4.69, 9.17) is 0 Å². The summed E-state index contributed by atoms with van der Waals surface area (Å²) < 4.78 is 0. The Bertz CT molecular complexity index is 1900. The molecule has 6 rings (SSSR count). The van der Waals surface area contributed by atoms with Gasteiger partial charge in [0.05, 0.1) is 15.6 Å². The first kappa shape index (κ1) is 31.0. The molecule has 0 atom stereocenters. The summed E-state index contributed by atoms with van der Waals surface area (Å²) in [6.45, 7) is 4.53. The highest BCUT2D eigenvalue weighted by atomic mass is 32.1. The highest BCUT2D eigenvalue weighted by molar-refractivity contribution is 7.28. The van der Waals surface area contributed by atoms with Gasteiger partial charge in [-0.1, -0.05) is 58.4 Å². The highest BCUT2D eigenvalue weighted by Crippen LogP contribution is 2.49. The van der Waals surface area contributed by atoms with E-state index in [1.807, 2.05) is 46.1 Å². The van der Waals surface area contributed by atoms with Crippen molar-refractivity contribution in [1.82, 2.24) is 10.2 Å². The molecule has 0 bridgehead atoms. The van der Waals surface area contributed by atoms with Crippen LogP contribution in [0.2, 0.25) is 0 Å². The van der Waals surface area contributed by atoms with E-state index in [0.717, 1.165) is 23.3 Å². The van der Waals surface area contributed by atoms with Gasteiger partial charge in [-0.15, -0.1) is 45.3 Å². The predicted molar refractivity (Wildman–Crippen MR) is 194 cm³/mol. The van der Waals surface area contributed by atoms with Crippen molar-refractivity contribution >= 4 is 56.1 Å². The number of hydrogen-bond acceptors (Lipinski definition) is 6. The number of rotatable bonds is 14. The predicted octanol–water partition coefficient (Wildman–Crippen LogP) is 11.4. The number of hydrogen-bond donors (Lipinski definition) is 2. The van der Waals surface area contributed by atoms with E-state index in [0.29, 0.717) is 10.8 Å². The number of fused-ring (bicyclic) bond motifs is 1. The molecule has 4 nitrogen and oxygen atoms in total. The number of aromatic nitrogens is 2. The Labute approximate surface area is 274 Å². The zero-order chi connectivity index (χ0) is 30.5. The first-order chi connectivity index (χ1) is 21.5. The van der Waals surface area contributed by atoms with Gasteiger partial charge in [0, 0.05) is 39.7 Å². The maximum Gasteiger partial charge on any atom is 0.270 e. The van der Waals surface area contributed by atoms with E-state index in [1.54, 1.807) is 17.4 Å². The molecule has 0 spiro atoms. The second-order valence-electron chi connectivity index (χ2n) is 11.3. The van der Waals surface area contributed by atoms with E-state index < -0.39 is 0 Å². The molecular weight excluding hydrogens is 621 g/mol. The molecule has 0 fully saturated rings. The van der Waals surface area contributed by atoms with Gasteiger partial charge >= 0.3 is 0 Å². The summed E-state index contributed by atoms with van der Waals surface area (Å²) in [5.41, 5.74) is 1.71. The van der Waals surface area contributed by atoms with Crippen LogP contribution >= 0.6 is 45.3 Å². The molecule has 0 amide bonds. The van der Waals surface area contributed by atoms with Gasteiger partial charge in [0.25, 0.3) is 11.1 Å². The Kier molecular flexibility index (Phi) is 10.1. The second-order valence-corrected chi connectivity index (χ2v) is 15.8. The largest absolute Gasteiger partial charge is 0.270 e. The minimum absolute atomic E-state index is 0.285. The van der Waals surface area contributed by atoms with Gasteiger partial charge in [0.1, 0.15) is 0 Å². The third-order valence-electron chi connectivity index (χ3n) is 8.03. The van der Waals surface area contributed by atoms with Crippen LogP contribution in [0.1, 0.15) is 75.0 Å². The van der Waals surface area contributed by atoms with Gasteiger partial charge < -0.3 is 0 Å². The Morgan fingerprint density at radius 2 is 1.14 bits per heavy atom. The fourth-order valence-corrected chi connectivity index (χ4v) is 10.1. The molecule has 1 aromatic carbocycles. The van der Waals surface area contributed by atoms with Crippen LogP contribution in [0.3, 0.4) is 0 Å². The van der Waals surface area contributed by atoms with Crippen LogP contribution in [-0.2, 0) is 12.8 Å². The van der Waals surface area contributed by atoms with Crippen molar-refractivity contribution in [2.45, 2.75) is 78.1 Å². The lowest BCUT2D eigenvalue weighted by atomic mass is 10.1. The van der Waals surface area contributed by atoms with Crippen molar-refractivity contribution in [3.63, 3.8) is 0 Å². The third-order valence-corrected chi connectivity index (χ3v) is 13.0. The molecule has 0 aliphatic carbocycles. The van der Waals surface area contributed by atoms with Crippen molar-refractivity contribution in [2.75, 3.05) is 0 Å². The first-order valence-corrected chi connectivity index (χ1v) is 19.0. The number of thiophene rings is 4. The van der Waals surface area contributed by atoms with Crippen LogP contribution in [0.4, 0.5) is 0 Å². The number of aryl methyl sites for hydroxylation is 2. The maximum atomic E-state index is 12.4. The van der Waals surface area contributed by atoms with Gasteiger partial charge in [-0.25, -0.2) is 0 Å². The Morgan fingerprint density at radius 3 is 1.84 bits per heavy atom. The fourth-order valence-electron chi connectivity index (χ4n) is 5.58. The van der Waals surface area contributed by atoms with Crippen LogP contribution < -0.4 is 11.1 Å². The summed E-state index contributed by atoms with van der Waals surface area (Å²) in [5.74, 6) is 0. The summed E-state index contributed by atoms with van der Waals surface area (Å²) in [7, 11) is 0. The Hall–Kier alpha value is -3.04. The van der Waals surface area contributed by atoms with Crippen molar-refractivity contribution in [3.05, 3.63) is 91.1 Å². The Morgan fingerprint density at radius 1 is 0.523 bits per heavy atom. The van der Waals surface area contributed by atoms with Crippen molar-refractivity contribution < 1.29 is 0 Å². The SMILES string of the molecule is CCCCCCc1ccc(-c2cc(-c3ccc(-c4ccc5c(=O)[nH][nH]c(=O)c5c4)s3)sc2-c2ccc(CCCCCC)s2)s1. The van der Waals surface area contributed by atoms with E-state index >= 15 is 0 Å². The number of H-pyrrole nitrogens is 2. The van der Waals surface area contributed by atoms with Gasteiger partial charge in [-0.2, -0.15) is 0 Å². The molecule has 0 unspecified atom stereocenters. The lowest BCUT2D eigenvalue weighted by Gasteiger charge is -2.00.